The number of benzene rings is 3. The van der Waals surface area contributed by atoms with Crippen LogP contribution in [0, 0.1) is 0 Å². The van der Waals surface area contributed by atoms with E-state index in [1.165, 1.54) is 0 Å². The van der Waals surface area contributed by atoms with Crippen molar-refractivity contribution < 1.29 is 4.79 Å². The van der Waals surface area contributed by atoms with E-state index >= 15 is 0 Å². The Morgan fingerprint density at radius 1 is 0.900 bits per heavy atom. The third kappa shape index (κ3) is 2.22. The number of nitrogens with two attached hydrogens (primary N) is 1. The largest absolute Gasteiger partial charge is 0.326 e. The molecule has 0 unspecified atom stereocenters. The highest BCUT2D eigenvalue weighted by molar-refractivity contribution is 6.16. The number of hydrogen-bond acceptors (Lipinski definition) is 2. The lowest BCUT2D eigenvalue weighted by Gasteiger charge is -2.07. The standard InChI is InChI=1S/C18H15NO/c19-12-13-5-3-8-15(11-13)18(20)17-10-4-7-14-6-1-2-9-16(14)17/h1-11H,12,19H2. The molecule has 0 bridgehead atoms. The van der Waals surface area contributed by atoms with Gasteiger partial charge in [-0.2, -0.15) is 0 Å². The average Bonchev–Trinajstić information content (AvgIpc) is 2.53. The highest BCUT2D eigenvalue weighted by atomic mass is 16.1. The van der Waals surface area contributed by atoms with Crippen LogP contribution in [-0.2, 0) is 6.54 Å². The molecule has 0 aromatic heterocycles. The van der Waals surface area contributed by atoms with Gasteiger partial charge in [0.15, 0.2) is 5.78 Å². The van der Waals surface area contributed by atoms with E-state index in [-0.39, 0.29) is 5.78 Å². The van der Waals surface area contributed by atoms with Crippen LogP contribution < -0.4 is 5.73 Å². The van der Waals surface area contributed by atoms with Crippen molar-refractivity contribution in [3.8, 4) is 0 Å². The first-order chi connectivity index (χ1) is 9.79. The van der Waals surface area contributed by atoms with Crippen LogP contribution in [0.2, 0.25) is 0 Å². The zero-order chi connectivity index (χ0) is 13.9. The number of fused-ring (bicyclic) bond motifs is 1. The topological polar surface area (TPSA) is 43.1 Å². The predicted molar refractivity (Wildman–Crippen MR) is 81.7 cm³/mol. The molecule has 2 heteroatoms. The van der Waals surface area contributed by atoms with Crippen LogP contribution in [0.15, 0.2) is 66.7 Å². The first-order valence-corrected chi connectivity index (χ1v) is 6.61. The van der Waals surface area contributed by atoms with E-state index < -0.39 is 0 Å². The number of ketones is 1. The molecule has 2 nitrogen and oxygen atoms in total. The van der Waals surface area contributed by atoms with Crippen LogP contribution in [0.25, 0.3) is 10.8 Å². The molecular weight excluding hydrogens is 246 g/mol. The third-order valence-electron chi connectivity index (χ3n) is 3.46. The fourth-order valence-electron chi connectivity index (χ4n) is 2.42. The molecule has 0 spiro atoms. The second-order valence-electron chi connectivity index (χ2n) is 4.76. The summed E-state index contributed by atoms with van der Waals surface area (Å²) in [6.45, 7) is 0.441. The van der Waals surface area contributed by atoms with Gasteiger partial charge >= 0.3 is 0 Å². The van der Waals surface area contributed by atoms with Crippen LogP contribution in [-0.4, -0.2) is 5.78 Å². The third-order valence-corrected chi connectivity index (χ3v) is 3.46. The van der Waals surface area contributed by atoms with Crippen molar-refractivity contribution in [3.05, 3.63) is 83.4 Å². The van der Waals surface area contributed by atoms with E-state index in [1.807, 2.05) is 66.7 Å². The van der Waals surface area contributed by atoms with Gasteiger partial charge in [-0.15, -0.1) is 0 Å². The Morgan fingerprint density at radius 3 is 2.50 bits per heavy atom. The smallest absolute Gasteiger partial charge is 0.193 e. The molecule has 0 saturated carbocycles. The Balaban J connectivity index is 2.12. The lowest BCUT2D eigenvalue weighted by atomic mass is 9.96. The van der Waals surface area contributed by atoms with E-state index in [4.69, 9.17) is 5.73 Å². The molecule has 0 atom stereocenters. The lowest BCUT2D eigenvalue weighted by molar-refractivity contribution is 0.104. The van der Waals surface area contributed by atoms with Gasteiger partial charge < -0.3 is 5.73 Å². The Morgan fingerprint density at radius 2 is 1.65 bits per heavy atom. The molecule has 3 rings (SSSR count). The van der Waals surface area contributed by atoms with Crippen LogP contribution in [0.4, 0.5) is 0 Å². The zero-order valence-electron chi connectivity index (χ0n) is 11.0. The van der Waals surface area contributed by atoms with Crippen LogP contribution in [0.5, 0.6) is 0 Å². The minimum Gasteiger partial charge on any atom is -0.326 e. The molecule has 0 aliphatic carbocycles. The summed E-state index contributed by atoms with van der Waals surface area (Å²) in [4.78, 5) is 12.7. The summed E-state index contributed by atoms with van der Waals surface area (Å²) in [5.41, 5.74) is 8.02. The molecule has 20 heavy (non-hydrogen) atoms. The van der Waals surface area contributed by atoms with Gasteiger partial charge in [-0.25, -0.2) is 0 Å². The van der Waals surface area contributed by atoms with Gasteiger partial charge in [0.2, 0.25) is 0 Å². The summed E-state index contributed by atoms with van der Waals surface area (Å²) in [5, 5.41) is 2.06. The molecule has 0 aliphatic rings. The van der Waals surface area contributed by atoms with Gasteiger partial charge in [-0.05, 0) is 22.4 Å². The van der Waals surface area contributed by atoms with Gasteiger partial charge in [0.05, 0.1) is 0 Å². The Labute approximate surface area is 117 Å². The molecule has 0 saturated heterocycles. The molecule has 2 N–H and O–H groups in total. The number of hydrogen-bond donors (Lipinski definition) is 1. The Bertz CT molecular complexity index is 772. The SMILES string of the molecule is NCc1cccc(C(=O)c2cccc3ccccc23)c1. The predicted octanol–water partition coefficient (Wildman–Crippen LogP) is 3.53. The zero-order valence-corrected chi connectivity index (χ0v) is 11.0. The van der Waals surface area contributed by atoms with Crippen molar-refractivity contribution in [1.29, 1.82) is 0 Å². The van der Waals surface area contributed by atoms with E-state index in [2.05, 4.69) is 0 Å². The van der Waals surface area contributed by atoms with Crippen molar-refractivity contribution in [1.82, 2.24) is 0 Å². The first kappa shape index (κ1) is 12.6. The normalized spacial score (nSPS) is 10.7. The van der Waals surface area contributed by atoms with Gasteiger partial charge in [0.25, 0.3) is 0 Å². The summed E-state index contributed by atoms with van der Waals surface area (Å²) < 4.78 is 0. The quantitative estimate of drug-likeness (QED) is 0.733. The molecule has 3 aromatic rings. The van der Waals surface area contributed by atoms with Gasteiger partial charge in [0, 0.05) is 17.7 Å². The summed E-state index contributed by atoms with van der Waals surface area (Å²) in [6.07, 6.45) is 0. The van der Waals surface area contributed by atoms with Crippen LogP contribution >= 0.6 is 0 Å². The Kier molecular flexibility index (Phi) is 3.32. The van der Waals surface area contributed by atoms with Crippen LogP contribution in [0.1, 0.15) is 21.5 Å². The molecule has 98 valence electrons. The van der Waals surface area contributed by atoms with Crippen molar-refractivity contribution >= 4 is 16.6 Å². The number of rotatable bonds is 3. The maximum atomic E-state index is 12.7. The fraction of sp³-hybridized carbons (Fsp3) is 0.0556. The summed E-state index contributed by atoms with van der Waals surface area (Å²) in [6, 6.07) is 21.2. The fourth-order valence-corrected chi connectivity index (χ4v) is 2.42. The molecule has 3 aromatic carbocycles. The van der Waals surface area contributed by atoms with Crippen molar-refractivity contribution in [2.75, 3.05) is 0 Å². The number of carbonyl (C=O) groups excluding carboxylic acids is 1. The monoisotopic (exact) mass is 261 g/mol. The van der Waals surface area contributed by atoms with Gasteiger partial charge in [0.1, 0.15) is 0 Å². The minimum absolute atomic E-state index is 0.0390. The second kappa shape index (κ2) is 5.27. The molecule has 0 amide bonds. The Hall–Kier alpha value is -2.45. The molecule has 0 radical (unpaired) electrons. The van der Waals surface area contributed by atoms with E-state index in [9.17, 15) is 4.79 Å². The van der Waals surface area contributed by atoms with Crippen LogP contribution in [0.3, 0.4) is 0 Å². The maximum Gasteiger partial charge on any atom is 0.193 e. The number of carbonyl (C=O) groups is 1. The first-order valence-electron chi connectivity index (χ1n) is 6.61. The molecule has 0 fully saturated rings. The second-order valence-corrected chi connectivity index (χ2v) is 4.76. The lowest BCUT2D eigenvalue weighted by Crippen LogP contribution is -2.04. The van der Waals surface area contributed by atoms with Crippen molar-refractivity contribution in [3.63, 3.8) is 0 Å². The van der Waals surface area contributed by atoms with Crippen molar-refractivity contribution in [2.24, 2.45) is 5.73 Å². The van der Waals surface area contributed by atoms with E-state index in [0.29, 0.717) is 12.1 Å². The summed E-state index contributed by atoms with van der Waals surface area (Å²) >= 11 is 0. The molecule has 0 aliphatic heterocycles. The average molecular weight is 261 g/mol. The highest BCUT2D eigenvalue weighted by Crippen LogP contribution is 2.21. The van der Waals surface area contributed by atoms with Crippen molar-refractivity contribution in [2.45, 2.75) is 6.54 Å². The van der Waals surface area contributed by atoms with E-state index in [1.54, 1.807) is 0 Å². The van der Waals surface area contributed by atoms with Gasteiger partial charge in [-0.1, -0.05) is 60.7 Å². The minimum atomic E-state index is 0.0390. The summed E-state index contributed by atoms with van der Waals surface area (Å²) in [7, 11) is 0. The van der Waals surface area contributed by atoms with Gasteiger partial charge in [-0.3, -0.25) is 4.79 Å². The maximum absolute atomic E-state index is 12.7. The summed E-state index contributed by atoms with van der Waals surface area (Å²) in [5.74, 6) is 0.0390. The van der Waals surface area contributed by atoms with E-state index in [0.717, 1.165) is 21.9 Å². The molecule has 0 heterocycles. The molecular formula is C18H15NO. The highest BCUT2D eigenvalue weighted by Gasteiger charge is 2.12.